The molecule has 0 saturated carbocycles. The number of cyclic esters (lactones) is 2. The first-order chi connectivity index (χ1) is 6.75. The van der Waals surface area contributed by atoms with Crippen LogP contribution in [0.1, 0.15) is 39.0 Å². The molecule has 1 aliphatic heterocycles. The van der Waals surface area contributed by atoms with E-state index in [4.69, 9.17) is 0 Å². The Balaban J connectivity index is 2.26. The fourth-order valence-corrected chi connectivity index (χ4v) is 1.45. The van der Waals surface area contributed by atoms with Gasteiger partial charge in [0, 0.05) is 0 Å². The van der Waals surface area contributed by atoms with Gasteiger partial charge in [-0.15, -0.1) is 0 Å². The van der Waals surface area contributed by atoms with Crippen LogP contribution in [0.25, 0.3) is 0 Å². The van der Waals surface area contributed by atoms with Crippen LogP contribution in [0.4, 0.5) is 0 Å². The van der Waals surface area contributed by atoms with Crippen molar-refractivity contribution < 1.29 is 19.1 Å². The molecule has 4 nitrogen and oxygen atoms in total. The Labute approximate surface area is 83.6 Å². The second-order valence-corrected chi connectivity index (χ2v) is 3.45. The second-order valence-electron chi connectivity index (χ2n) is 3.45. The molecule has 1 heterocycles. The van der Waals surface area contributed by atoms with E-state index >= 15 is 0 Å². The summed E-state index contributed by atoms with van der Waals surface area (Å²) in [4.78, 5) is 22.3. The molecule has 0 spiro atoms. The third-order valence-corrected chi connectivity index (χ3v) is 2.32. The fourth-order valence-electron chi connectivity index (χ4n) is 1.45. The number of unbranched alkanes of at least 4 members (excludes halogenated alkanes) is 3. The Kier molecular flexibility index (Phi) is 4.43. The van der Waals surface area contributed by atoms with Crippen LogP contribution in [0.15, 0.2) is 0 Å². The van der Waals surface area contributed by atoms with Crippen molar-refractivity contribution in [3.63, 3.8) is 0 Å². The third-order valence-electron chi connectivity index (χ3n) is 2.32. The molecule has 0 bridgehead atoms. The highest BCUT2D eigenvalue weighted by atomic mass is 16.7. The molecule has 14 heavy (non-hydrogen) atoms. The number of hydrogen-bond acceptors (Lipinski definition) is 4. The Morgan fingerprint density at radius 1 is 1.14 bits per heavy atom. The summed E-state index contributed by atoms with van der Waals surface area (Å²) in [6.07, 6.45) is 4.75. The van der Waals surface area contributed by atoms with Gasteiger partial charge in [0.1, 0.15) is 0 Å². The average Bonchev–Trinajstić information content (AvgIpc) is 2.16. The monoisotopic (exact) mass is 200 g/mol. The zero-order valence-corrected chi connectivity index (χ0v) is 8.45. The Morgan fingerprint density at radius 2 is 1.79 bits per heavy atom. The number of ether oxygens (including phenoxy) is 2. The standard InChI is InChI=1S/C10H16O4/c1-2-3-4-5-6-8-9(11)13-7-14-10(8)12/h8H,2-7H2,1H3. The molecule has 0 aromatic rings. The molecule has 0 atom stereocenters. The summed E-state index contributed by atoms with van der Waals surface area (Å²) >= 11 is 0. The maximum atomic E-state index is 11.1. The van der Waals surface area contributed by atoms with Crippen LogP contribution in [0.3, 0.4) is 0 Å². The highest BCUT2D eigenvalue weighted by Gasteiger charge is 2.33. The van der Waals surface area contributed by atoms with E-state index in [0.29, 0.717) is 6.42 Å². The van der Waals surface area contributed by atoms with Crippen molar-refractivity contribution in [1.29, 1.82) is 0 Å². The molecule has 0 aromatic heterocycles. The average molecular weight is 200 g/mol. The first kappa shape index (κ1) is 11.0. The smallest absolute Gasteiger partial charge is 0.323 e. The van der Waals surface area contributed by atoms with E-state index in [0.717, 1.165) is 25.7 Å². The Hall–Kier alpha value is -1.06. The van der Waals surface area contributed by atoms with Gasteiger partial charge in [0.25, 0.3) is 0 Å². The van der Waals surface area contributed by atoms with Crippen molar-refractivity contribution in [2.75, 3.05) is 6.79 Å². The first-order valence-electron chi connectivity index (χ1n) is 5.09. The van der Waals surface area contributed by atoms with Gasteiger partial charge in [-0.25, -0.2) is 0 Å². The Morgan fingerprint density at radius 3 is 2.36 bits per heavy atom. The molecular formula is C10H16O4. The lowest BCUT2D eigenvalue weighted by molar-refractivity contribution is -0.190. The molecule has 1 rings (SSSR count). The number of carbonyl (C=O) groups is 2. The molecule has 0 radical (unpaired) electrons. The lowest BCUT2D eigenvalue weighted by atomic mass is 10.0. The molecule has 0 aromatic carbocycles. The van der Waals surface area contributed by atoms with E-state index in [1.807, 2.05) is 0 Å². The van der Waals surface area contributed by atoms with Crippen molar-refractivity contribution in [2.24, 2.45) is 5.92 Å². The lowest BCUT2D eigenvalue weighted by Gasteiger charge is -2.19. The highest BCUT2D eigenvalue weighted by molar-refractivity contribution is 5.95. The summed E-state index contributed by atoms with van der Waals surface area (Å²) in [6, 6.07) is 0. The van der Waals surface area contributed by atoms with E-state index in [2.05, 4.69) is 16.4 Å². The van der Waals surface area contributed by atoms with Gasteiger partial charge in [-0.1, -0.05) is 32.6 Å². The van der Waals surface area contributed by atoms with Crippen LogP contribution in [-0.4, -0.2) is 18.7 Å². The van der Waals surface area contributed by atoms with Crippen molar-refractivity contribution in [3.8, 4) is 0 Å². The van der Waals surface area contributed by atoms with Gasteiger partial charge in [0.2, 0.25) is 6.79 Å². The maximum Gasteiger partial charge on any atom is 0.323 e. The van der Waals surface area contributed by atoms with Gasteiger partial charge in [-0.3, -0.25) is 9.59 Å². The molecule has 0 unspecified atom stereocenters. The predicted molar refractivity (Wildman–Crippen MR) is 49.3 cm³/mol. The molecule has 80 valence electrons. The summed E-state index contributed by atoms with van der Waals surface area (Å²) in [5.41, 5.74) is 0. The molecule has 4 heteroatoms. The molecule has 1 aliphatic rings. The van der Waals surface area contributed by atoms with Crippen LogP contribution < -0.4 is 0 Å². The van der Waals surface area contributed by atoms with E-state index in [1.54, 1.807) is 0 Å². The van der Waals surface area contributed by atoms with E-state index in [-0.39, 0.29) is 6.79 Å². The lowest BCUT2D eigenvalue weighted by Crippen LogP contribution is -2.34. The second kappa shape index (κ2) is 5.62. The third kappa shape index (κ3) is 3.01. The SMILES string of the molecule is CCCCCCC1C(=O)OCOC1=O. The van der Waals surface area contributed by atoms with Crippen molar-refractivity contribution >= 4 is 11.9 Å². The van der Waals surface area contributed by atoms with Crippen LogP contribution in [0.2, 0.25) is 0 Å². The van der Waals surface area contributed by atoms with Gasteiger partial charge < -0.3 is 9.47 Å². The predicted octanol–water partition coefficient (Wildman–Crippen LogP) is 1.63. The van der Waals surface area contributed by atoms with E-state index < -0.39 is 17.9 Å². The first-order valence-corrected chi connectivity index (χ1v) is 5.09. The minimum absolute atomic E-state index is 0.219. The molecule has 1 fully saturated rings. The van der Waals surface area contributed by atoms with Crippen LogP contribution in [0.5, 0.6) is 0 Å². The summed E-state index contributed by atoms with van der Waals surface area (Å²) < 4.78 is 9.27. The highest BCUT2D eigenvalue weighted by Crippen LogP contribution is 2.17. The van der Waals surface area contributed by atoms with Crippen molar-refractivity contribution in [1.82, 2.24) is 0 Å². The van der Waals surface area contributed by atoms with E-state index in [1.165, 1.54) is 0 Å². The van der Waals surface area contributed by atoms with Gasteiger partial charge in [-0.05, 0) is 6.42 Å². The maximum absolute atomic E-state index is 11.1. The molecule has 0 N–H and O–H groups in total. The zero-order valence-electron chi connectivity index (χ0n) is 8.45. The van der Waals surface area contributed by atoms with E-state index in [9.17, 15) is 9.59 Å². The summed E-state index contributed by atoms with van der Waals surface area (Å²) in [6.45, 7) is 1.90. The van der Waals surface area contributed by atoms with Gasteiger partial charge in [0.15, 0.2) is 5.92 Å². The quantitative estimate of drug-likeness (QED) is 0.384. The van der Waals surface area contributed by atoms with Crippen LogP contribution >= 0.6 is 0 Å². The Bertz CT molecular complexity index is 196. The summed E-state index contributed by atoms with van der Waals surface area (Å²) in [5, 5.41) is 0. The molecule has 0 amide bonds. The number of esters is 2. The van der Waals surface area contributed by atoms with Crippen molar-refractivity contribution in [2.45, 2.75) is 39.0 Å². The topological polar surface area (TPSA) is 52.6 Å². The van der Waals surface area contributed by atoms with Gasteiger partial charge in [-0.2, -0.15) is 0 Å². The summed E-state index contributed by atoms with van der Waals surface area (Å²) in [5.74, 6) is -1.55. The number of carbonyl (C=O) groups excluding carboxylic acids is 2. The minimum Gasteiger partial charge on any atom is -0.427 e. The normalized spacial score (nSPS) is 17.8. The number of rotatable bonds is 5. The van der Waals surface area contributed by atoms with Crippen LogP contribution in [-0.2, 0) is 19.1 Å². The molecule has 1 saturated heterocycles. The fraction of sp³-hybridized carbons (Fsp3) is 0.800. The molecule has 0 aliphatic carbocycles. The summed E-state index contributed by atoms with van der Waals surface area (Å²) in [7, 11) is 0. The van der Waals surface area contributed by atoms with Gasteiger partial charge in [0.05, 0.1) is 0 Å². The van der Waals surface area contributed by atoms with Gasteiger partial charge >= 0.3 is 11.9 Å². The molecular weight excluding hydrogens is 184 g/mol. The largest absolute Gasteiger partial charge is 0.427 e. The van der Waals surface area contributed by atoms with Crippen molar-refractivity contribution in [3.05, 3.63) is 0 Å². The minimum atomic E-state index is -0.680. The zero-order chi connectivity index (χ0) is 10.4. The number of hydrogen-bond donors (Lipinski definition) is 0. The van der Waals surface area contributed by atoms with Crippen LogP contribution in [0, 0.1) is 5.92 Å².